The fourth-order valence-corrected chi connectivity index (χ4v) is 5.91. The molecule has 3 aromatic rings. The highest BCUT2D eigenvalue weighted by Gasteiger charge is 2.23. The number of fused-ring (bicyclic) bond motifs is 2. The van der Waals surface area contributed by atoms with Crippen molar-refractivity contribution < 1.29 is 13.2 Å². The third-order valence-corrected chi connectivity index (χ3v) is 7.98. The van der Waals surface area contributed by atoms with Crippen molar-refractivity contribution >= 4 is 44.0 Å². The SMILES string of the molecule is CN(C)c1cccc2c(S(=O)(=O)NC(N)=NCCC[C@H](NN3CCCc4ccccc43)C(N)=O)cccc12. The average Bonchev–Trinajstić information content (AvgIpc) is 2.89. The van der Waals surface area contributed by atoms with Crippen molar-refractivity contribution in [1.29, 1.82) is 0 Å². The number of benzene rings is 3. The first kappa shape index (κ1) is 27.2. The molecule has 0 saturated carbocycles. The zero-order chi connectivity index (χ0) is 27.3. The summed E-state index contributed by atoms with van der Waals surface area (Å²) in [7, 11) is -0.150. The van der Waals surface area contributed by atoms with Crippen LogP contribution in [0.25, 0.3) is 10.8 Å². The topological polar surface area (TPSA) is 146 Å². The minimum Gasteiger partial charge on any atom is -0.377 e. The lowest BCUT2D eigenvalue weighted by Gasteiger charge is -2.34. The molecule has 0 spiro atoms. The van der Waals surface area contributed by atoms with Crippen LogP contribution < -0.4 is 31.5 Å². The Kier molecular flexibility index (Phi) is 8.38. The summed E-state index contributed by atoms with van der Waals surface area (Å²) in [5.41, 5.74) is 18.0. The number of guanidine groups is 1. The molecule has 0 aliphatic carbocycles. The number of carbonyl (C=O) groups is 1. The number of primary amides is 1. The van der Waals surface area contributed by atoms with E-state index in [9.17, 15) is 13.2 Å². The van der Waals surface area contributed by atoms with Gasteiger partial charge in [-0.25, -0.2) is 18.6 Å². The van der Waals surface area contributed by atoms with Crippen molar-refractivity contribution in [2.45, 2.75) is 36.6 Å². The van der Waals surface area contributed by atoms with Gasteiger partial charge >= 0.3 is 0 Å². The van der Waals surface area contributed by atoms with Crippen LogP contribution in [0.2, 0.25) is 0 Å². The Bertz CT molecular complexity index is 1440. The molecule has 0 fully saturated rings. The van der Waals surface area contributed by atoms with Gasteiger partial charge in [-0.15, -0.1) is 0 Å². The number of sulfonamides is 1. The van der Waals surface area contributed by atoms with Gasteiger partial charge in [-0.3, -0.25) is 9.79 Å². The summed E-state index contributed by atoms with van der Waals surface area (Å²) in [6.45, 7) is 1.01. The van der Waals surface area contributed by atoms with Crippen LogP contribution in [0.4, 0.5) is 11.4 Å². The zero-order valence-electron chi connectivity index (χ0n) is 21.7. The maximum Gasteiger partial charge on any atom is 0.264 e. The largest absolute Gasteiger partial charge is 0.377 e. The van der Waals surface area contributed by atoms with E-state index in [1.54, 1.807) is 18.2 Å². The van der Waals surface area contributed by atoms with E-state index in [1.807, 2.05) is 60.4 Å². The normalized spacial score (nSPS) is 14.7. The zero-order valence-corrected chi connectivity index (χ0v) is 22.5. The van der Waals surface area contributed by atoms with Crippen LogP contribution in [0.15, 0.2) is 70.6 Å². The molecule has 0 radical (unpaired) electrons. The standard InChI is InChI=1S/C27H35N7O3S/c1-33(2)24-15-5-12-21-20(24)11-6-16-25(21)38(36,37)32-27(29)30-17-7-13-22(26(28)35)31-34-18-8-10-19-9-3-4-14-23(19)34/h3-6,9,11-12,14-16,22,31H,7-8,10,13,17-18H2,1-2H3,(H2,28,35)(H3,29,30,32)/t22-/m0/s1. The molecular weight excluding hydrogens is 502 g/mol. The Hall–Kier alpha value is -3.83. The number of anilines is 2. The van der Waals surface area contributed by atoms with E-state index in [1.165, 1.54) is 5.56 Å². The fourth-order valence-electron chi connectivity index (χ4n) is 4.73. The van der Waals surface area contributed by atoms with Crippen molar-refractivity contribution in [1.82, 2.24) is 10.1 Å². The molecule has 1 atom stereocenters. The van der Waals surface area contributed by atoms with E-state index in [-0.39, 0.29) is 17.4 Å². The molecule has 0 aromatic heterocycles. The summed E-state index contributed by atoms with van der Waals surface area (Å²) in [6, 6.07) is 18.1. The molecule has 11 heteroatoms. The van der Waals surface area contributed by atoms with E-state index >= 15 is 0 Å². The fraction of sp³-hybridized carbons (Fsp3) is 0.333. The number of nitrogens with zero attached hydrogens (tertiary/aromatic N) is 3. The summed E-state index contributed by atoms with van der Waals surface area (Å²) in [5.74, 6) is -0.668. The Morgan fingerprint density at radius 2 is 1.79 bits per heavy atom. The van der Waals surface area contributed by atoms with Gasteiger partial charge in [0.1, 0.15) is 6.04 Å². The molecule has 0 saturated heterocycles. The number of amides is 1. The van der Waals surface area contributed by atoms with E-state index in [4.69, 9.17) is 11.5 Å². The Morgan fingerprint density at radius 1 is 1.05 bits per heavy atom. The van der Waals surface area contributed by atoms with Gasteiger partial charge in [-0.2, -0.15) is 0 Å². The van der Waals surface area contributed by atoms with Crippen LogP contribution >= 0.6 is 0 Å². The molecule has 10 nitrogen and oxygen atoms in total. The van der Waals surface area contributed by atoms with Crippen LogP contribution in [0, 0.1) is 0 Å². The van der Waals surface area contributed by atoms with Crippen LogP contribution in [0.5, 0.6) is 0 Å². The van der Waals surface area contributed by atoms with E-state index < -0.39 is 22.0 Å². The molecule has 38 heavy (non-hydrogen) atoms. The predicted octanol–water partition coefficient (Wildman–Crippen LogP) is 2.09. The second kappa shape index (κ2) is 11.7. The molecule has 202 valence electrons. The monoisotopic (exact) mass is 537 g/mol. The van der Waals surface area contributed by atoms with Gasteiger partial charge in [-0.1, -0.05) is 42.5 Å². The summed E-state index contributed by atoms with van der Waals surface area (Å²) in [6.07, 6.45) is 2.88. The lowest BCUT2D eigenvalue weighted by Crippen LogP contribution is -2.52. The number of carbonyl (C=O) groups excluding carboxylic acids is 1. The highest BCUT2D eigenvalue weighted by atomic mass is 32.2. The lowest BCUT2D eigenvalue weighted by atomic mass is 10.0. The minimum absolute atomic E-state index is 0.122. The van der Waals surface area contributed by atoms with Crippen molar-refractivity contribution in [3.05, 3.63) is 66.2 Å². The first-order valence-electron chi connectivity index (χ1n) is 12.6. The van der Waals surface area contributed by atoms with Gasteiger partial charge in [0.05, 0.1) is 10.6 Å². The predicted molar refractivity (Wildman–Crippen MR) is 153 cm³/mol. The summed E-state index contributed by atoms with van der Waals surface area (Å²) >= 11 is 0. The smallest absolute Gasteiger partial charge is 0.264 e. The molecule has 3 aromatic carbocycles. The third-order valence-electron chi connectivity index (χ3n) is 6.57. The summed E-state index contributed by atoms with van der Waals surface area (Å²) in [4.78, 5) is 18.3. The number of nitrogens with one attached hydrogen (secondary N) is 2. The number of hydrogen-bond acceptors (Lipinski definition) is 7. The van der Waals surface area contributed by atoms with Crippen LogP contribution in [-0.4, -0.2) is 53.5 Å². The number of aryl methyl sites for hydroxylation is 1. The highest BCUT2D eigenvalue weighted by molar-refractivity contribution is 7.90. The van der Waals surface area contributed by atoms with Crippen molar-refractivity contribution in [3.8, 4) is 0 Å². The maximum absolute atomic E-state index is 13.1. The maximum atomic E-state index is 13.1. The molecule has 1 heterocycles. The molecule has 0 bridgehead atoms. The second-order valence-electron chi connectivity index (χ2n) is 9.51. The van der Waals surface area contributed by atoms with Crippen molar-refractivity contribution in [2.75, 3.05) is 37.1 Å². The van der Waals surface area contributed by atoms with Crippen LogP contribution in [-0.2, 0) is 21.2 Å². The minimum atomic E-state index is -3.96. The quantitative estimate of drug-likeness (QED) is 0.176. The number of rotatable bonds is 10. The average molecular weight is 538 g/mol. The van der Waals surface area contributed by atoms with Gasteiger partial charge in [0.2, 0.25) is 11.9 Å². The molecule has 6 N–H and O–H groups in total. The first-order chi connectivity index (χ1) is 18.2. The number of nitrogens with two attached hydrogens (primary N) is 2. The van der Waals surface area contributed by atoms with E-state index in [0.717, 1.165) is 36.1 Å². The molecule has 0 unspecified atom stereocenters. The molecule has 1 aliphatic heterocycles. The molecular formula is C27H35N7O3S. The first-order valence-corrected chi connectivity index (χ1v) is 14.1. The second-order valence-corrected chi connectivity index (χ2v) is 11.2. The van der Waals surface area contributed by atoms with Gasteiger partial charge in [0.15, 0.2) is 0 Å². The lowest BCUT2D eigenvalue weighted by molar-refractivity contribution is -0.120. The van der Waals surface area contributed by atoms with Crippen LogP contribution in [0.3, 0.4) is 0 Å². The van der Waals surface area contributed by atoms with E-state index in [2.05, 4.69) is 21.2 Å². The number of aliphatic imine (C=N–C) groups is 1. The number of hydrogen-bond donors (Lipinski definition) is 4. The van der Waals surface area contributed by atoms with Crippen LogP contribution in [0.1, 0.15) is 24.8 Å². The van der Waals surface area contributed by atoms with Gasteiger partial charge in [0.25, 0.3) is 10.0 Å². The highest BCUT2D eigenvalue weighted by Crippen LogP contribution is 2.30. The van der Waals surface area contributed by atoms with Gasteiger partial charge < -0.3 is 21.4 Å². The summed E-state index contributed by atoms with van der Waals surface area (Å²) < 4.78 is 28.6. The summed E-state index contributed by atoms with van der Waals surface area (Å²) in [5, 5.41) is 3.39. The Labute approximate surface area is 223 Å². The number of hydrazine groups is 1. The molecule has 1 aliphatic rings. The molecule has 1 amide bonds. The Morgan fingerprint density at radius 3 is 2.55 bits per heavy atom. The van der Waals surface area contributed by atoms with Crippen molar-refractivity contribution in [3.63, 3.8) is 0 Å². The number of para-hydroxylation sites is 1. The third kappa shape index (κ3) is 6.17. The van der Waals surface area contributed by atoms with Gasteiger partial charge in [-0.05, 0) is 49.4 Å². The van der Waals surface area contributed by atoms with E-state index in [0.29, 0.717) is 18.2 Å². The molecule has 4 rings (SSSR count). The van der Waals surface area contributed by atoms with Gasteiger partial charge in [0, 0.05) is 43.6 Å². The Balaban J connectivity index is 1.38. The van der Waals surface area contributed by atoms with Crippen molar-refractivity contribution in [2.24, 2.45) is 16.5 Å².